The summed E-state index contributed by atoms with van der Waals surface area (Å²) in [4.78, 5) is 3.97. The lowest BCUT2D eigenvalue weighted by molar-refractivity contribution is 0.593. The SMILES string of the molecule is CS(=O)(=O)CC(N)c1ccccn1. The van der Waals surface area contributed by atoms with Gasteiger partial charge in [-0.15, -0.1) is 0 Å². The van der Waals surface area contributed by atoms with Crippen LogP contribution in [0.2, 0.25) is 0 Å². The minimum Gasteiger partial charge on any atom is -0.322 e. The lowest BCUT2D eigenvalue weighted by Crippen LogP contribution is -2.21. The van der Waals surface area contributed by atoms with Crippen LogP contribution in [0.25, 0.3) is 0 Å². The average molecular weight is 200 g/mol. The van der Waals surface area contributed by atoms with Gasteiger partial charge in [0, 0.05) is 12.5 Å². The van der Waals surface area contributed by atoms with Crippen LogP contribution in [-0.4, -0.2) is 25.4 Å². The monoisotopic (exact) mass is 200 g/mol. The number of nitrogens with zero attached hydrogens (tertiary/aromatic N) is 1. The standard InChI is InChI=1S/C8H12N2O2S/c1-13(11,12)6-7(9)8-4-2-3-5-10-8/h2-5,7H,6,9H2,1H3. The number of pyridine rings is 1. The second-order valence-corrected chi connectivity index (χ2v) is 5.14. The maximum Gasteiger partial charge on any atom is 0.149 e. The predicted octanol–water partition coefficient (Wildman–Crippen LogP) is 0.126. The second-order valence-electron chi connectivity index (χ2n) is 2.95. The maximum absolute atomic E-state index is 10.9. The van der Waals surface area contributed by atoms with Crippen molar-refractivity contribution in [3.05, 3.63) is 30.1 Å². The Morgan fingerprint density at radius 2 is 2.23 bits per heavy atom. The van der Waals surface area contributed by atoms with Crippen LogP contribution >= 0.6 is 0 Å². The molecule has 1 heterocycles. The molecule has 72 valence electrons. The first-order valence-electron chi connectivity index (χ1n) is 3.83. The molecular weight excluding hydrogens is 188 g/mol. The molecule has 0 amide bonds. The van der Waals surface area contributed by atoms with E-state index in [9.17, 15) is 8.42 Å². The highest BCUT2D eigenvalue weighted by Crippen LogP contribution is 2.07. The van der Waals surface area contributed by atoms with E-state index in [0.717, 1.165) is 6.26 Å². The third kappa shape index (κ3) is 3.52. The zero-order chi connectivity index (χ0) is 9.90. The van der Waals surface area contributed by atoms with E-state index in [1.54, 1.807) is 24.4 Å². The van der Waals surface area contributed by atoms with Crippen molar-refractivity contribution < 1.29 is 8.42 Å². The molecule has 1 aromatic heterocycles. The summed E-state index contributed by atoms with van der Waals surface area (Å²) in [5.41, 5.74) is 6.24. The zero-order valence-corrected chi connectivity index (χ0v) is 8.16. The van der Waals surface area contributed by atoms with E-state index in [4.69, 9.17) is 5.73 Å². The molecule has 4 nitrogen and oxygen atoms in total. The third-order valence-electron chi connectivity index (χ3n) is 1.55. The normalized spacial score (nSPS) is 14.0. The van der Waals surface area contributed by atoms with Crippen LogP contribution in [0.4, 0.5) is 0 Å². The van der Waals surface area contributed by atoms with E-state index in [1.165, 1.54) is 0 Å². The highest BCUT2D eigenvalue weighted by Gasteiger charge is 2.13. The number of nitrogens with two attached hydrogens (primary N) is 1. The molecule has 0 aliphatic carbocycles. The minimum atomic E-state index is -3.04. The summed E-state index contributed by atoms with van der Waals surface area (Å²) >= 11 is 0. The summed E-state index contributed by atoms with van der Waals surface area (Å²) in [5.74, 6) is -0.0655. The third-order valence-corrected chi connectivity index (χ3v) is 2.51. The van der Waals surface area contributed by atoms with Gasteiger partial charge in [-0.2, -0.15) is 0 Å². The Morgan fingerprint density at radius 1 is 1.54 bits per heavy atom. The van der Waals surface area contributed by atoms with Crippen molar-refractivity contribution in [1.29, 1.82) is 0 Å². The van der Waals surface area contributed by atoms with Gasteiger partial charge < -0.3 is 5.73 Å². The quantitative estimate of drug-likeness (QED) is 0.752. The van der Waals surface area contributed by atoms with Crippen molar-refractivity contribution >= 4 is 9.84 Å². The smallest absolute Gasteiger partial charge is 0.149 e. The van der Waals surface area contributed by atoms with Crippen molar-refractivity contribution in [2.24, 2.45) is 5.73 Å². The van der Waals surface area contributed by atoms with Crippen LogP contribution in [0.5, 0.6) is 0 Å². The van der Waals surface area contributed by atoms with Gasteiger partial charge in [0.05, 0.1) is 17.5 Å². The molecule has 0 bridgehead atoms. The van der Waals surface area contributed by atoms with Crippen LogP contribution in [0.3, 0.4) is 0 Å². The second kappa shape index (κ2) is 3.85. The molecular formula is C8H12N2O2S. The number of hydrogen-bond acceptors (Lipinski definition) is 4. The molecule has 0 spiro atoms. The van der Waals surface area contributed by atoms with E-state index in [2.05, 4.69) is 4.98 Å². The largest absolute Gasteiger partial charge is 0.322 e. The summed E-state index contributed by atoms with van der Waals surface area (Å²) in [7, 11) is -3.04. The number of rotatable bonds is 3. The summed E-state index contributed by atoms with van der Waals surface area (Å²) in [6, 6.07) is 4.73. The highest BCUT2D eigenvalue weighted by molar-refractivity contribution is 7.90. The van der Waals surface area contributed by atoms with E-state index in [-0.39, 0.29) is 5.75 Å². The summed E-state index contributed by atoms with van der Waals surface area (Å²) < 4.78 is 21.8. The van der Waals surface area contributed by atoms with Crippen LogP contribution in [0, 0.1) is 0 Å². The Kier molecular flexibility index (Phi) is 3.00. The van der Waals surface area contributed by atoms with Gasteiger partial charge in [0.15, 0.2) is 0 Å². The van der Waals surface area contributed by atoms with Crippen molar-refractivity contribution in [2.75, 3.05) is 12.0 Å². The number of hydrogen-bond donors (Lipinski definition) is 1. The van der Waals surface area contributed by atoms with Gasteiger partial charge in [0.2, 0.25) is 0 Å². The Hall–Kier alpha value is -0.940. The van der Waals surface area contributed by atoms with Crippen LogP contribution in [0.15, 0.2) is 24.4 Å². The maximum atomic E-state index is 10.9. The molecule has 1 rings (SSSR count). The van der Waals surface area contributed by atoms with Crippen LogP contribution in [-0.2, 0) is 9.84 Å². The highest BCUT2D eigenvalue weighted by atomic mass is 32.2. The van der Waals surface area contributed by atoms with Gasteiger partial charge in [0.25, 0.3) is 0 Å². The Labute approximate surface area is 77.7 Å². The molecule has 0 aromatic carbocycles. The minimum absolute atomic E-state index is 0.0655. The topological polar surface area (TPSA) is 73.0 Å². The lowest BCUT2D eigenvalue weighted by atomic mass is 10.2. The predicted molar refractivity (Wildman–Crippen MR) is 50.9 cm³/mol. The van der Waals surface area contributed by atoms with Crippen molar-refractivity contribution in [1.82, 2.24) is 4.98 Å². The molecule has 0 aliphatic heterocycles. The van der Waals surface area contributed by atoms with Gasteiger partial charge in [-0.1, -0.05) is 6.07 Å². The first-order valence-corrected chi connectivity index (χ1v) is 5.89. The van der Waals surface area contributed by atoms with Crippen LogP contribution in [0.1, 0.15) is 11.7 Å². The van der Waals surface area contributed by atoms with Crippen molar-refractivity contribution in [3.63, 3.8) is 0 Å². The molecule has 2 N–H and O–H groups in total. The Balaban J connectivity index is 2.76. The summed E-state index contributed by atoms with van der Waals surface area (Å²) in [5, 5.41) is 0. The van der Waals surface area contributed by atoms with Gasteiger partial charge in [-0.25, -0.2) is 8.42 Å². The molecule has 0 fully saturated rings. The van der Waals surface area contributed by atoms with Crippen molar-refractivity contribution in [3.8, 4) is 0 Å². The number of aromatic nitrogens is 1. The molecule has 13 heavy (non-hydrogen) atoms. The van der Waals surface area contributed by atoms with E-state index in [1.807, 2.05) is 0 Å². The fourth-order valence-corrected chi connectivity index (χ4v) is 1.83. The fourth-order valence-electron chi connectivity index (χ4n) is 1.01. The average Bonchev–Trinajstić information content (AvgIpc) is 2.03. The zero-order valence-electron chi connectivity index (χ0n) is 7.34. The number of sulfone groups is 1. The summed E-state index contributed by atoms with van der Waals surface area (Å²) in [6.45, 7) is 0. The summed E-state index contributed by atoms with van der Waals surface area (Å²) in [6.07, 6.45) is 2.76. The molecule has 1 atom stereocenters. The van der Waals surface area contributed by atoms with Gasteiger partial charge in [0.1, 0.15) is 9.84 Å². The molecule has 1 unspecified atom stereocenters. The fraction of sp³-hybridized carbons (Fsp3) is 0.375. The van der Waals surface area contributed by atoms with E-state index >= 15 is 0 Å². The first kappa shape index (κ1) is 10.1. The first-order chi connectivity index (χ1) is 5.99. The van der Waals surface area contributed by atoms with Crippen molar-refractivity contribution in [2.45, 2.75) is 6.04 Å². The lowest BCUT2D eigenvalue weighted by Gasteiger charge is -2.08. The Morgan fingerprint density at radius 3 is 2.69 bits per heavy atom. The van der Waals surface area contributed by atoms with Gasteiger partial charge in [-0.3, -0.25) is 4.98 Å². The Bertz CT molecular complexity index is 361. The van der Waals surface area contributed by atoms with E-state index < -0.39 is 15.9 Å². The molecule has 0 radical (unpaired) electrons. The molecule has 0 saturated heterocycles. The van der Waals surface area contributed by atoms with Crippen LogP contribution < -0.4 is 5.73 Å². The van der Waals surface area contributed by atoms with Gasteiger partial charge >= 0.3 is 0 Å². The molecule has 5 heteroatoms. The molecule has 1 aromatic rings. The van der Waals surface area contributed by atoms with E-state index in [0.29, 0.717) is 5.69 Å². The van der Waals surface area contributed by atoms with Gasteiger partial charge in [-0.05, 0) is 12.1 Å². The molecule has 0 saturated carbocycles. The molecule has 0 aliphatic rings.